The Morgan fingerprint density at radius 1 is 1.26 bits per heavy atom. The zero-order valence-electron chi connectivity index (χ0n) is 11.3. The Morgan fingerprint density at radius 2 is 2.00 bits per heavy atom. The molecule has 0 radical (unpaired) electrons. The molecule has 0 spiro atoms. The lowest BCUT2D eigenvalue weighted by atomic mass is 10.1. The Kier molecular flexibility index (Phi) is 3.85. The number of benzene rings is 1. The normalized spacial score (nSPS) is 10.3. The summed E-state index contributed by atoms with van der Waals surface area (Å²) in [6.07, 6.45) is 0. The van der Waals surface area contributed by atoms with Crippen LogP contribution in [0.2, 0.25) is 0 Å². The summed E-state index contributed by atoms with van der Waals surface area (Å²) in [5.41, 5.74) is 2.70. The van der Waals surface area contributed by atoms with Gasteiger partial charge in [-0.05, 0) is 37.6 Å². The van der Waals surface area contributed by atoms with Crippen molar-refractivity contribution < 1.29 is 14.3 Å². The summed E-state index contributed by atoms with van der Waals surface area (Å²) >= 11 is 1.34. The van der Waals surface area contributed by atoms with E-state index in [9.17, 15) is 4.79 Å². The molecule has 0 amide bonds. The Bertz CT molecular complexity index is 619. The van der Waals surface area contributed by atoms with Crippen LogP contribution in [0.4, 0.5) is 0 Å². The lowest BCUT2D eigenvalue weighted by Gasteiger charge is -2.05. The van der Waals surface area contributed by atoms with Crippen molar-refractivity contribution in [3.63, 3.8) is 0 Å². The molecule has 0 unspecified atom stereocenters. The van der Waals surface area contributed by atoms with Gasteiger partial charge in [0.05, 0.1) is 19.9 Å². The third kappa shape index (κ3) is 2.61. The van der Waals surface area contributed by atoms with Gasteiger partial charge >= 0.3 is 5.97 Å². The minimum Gasteiger partial charge on any atom is -0.496 e. The van der Waals surface area contributed by atoms with Gasteiger partial charge in [0.1, 0.15) is 15.6 Å². The molecule has 0 atom stereocenters. The summed E-state index contributed by atoms with van der Waals surface area (Å²) in [4.78, 5) is 16.5. The van der Waals surface area contributed by atoms with Gasteiger partial charge in [0.25, 0.3) is 0 Å². The van der Waals surface area contributed by atoms with E-state index in [1.54, 1.807) is 7.11 Å². The van der Waals surface area contributed by atoms with Crippen molar-refractivity contribution in [1.82, 2.24) is 4.98 Å². The number of hydrogen-bond donors (Lipinski definition) is 0. The van der Waals surface area contributed by atoms with E-state index in [1.165, 1.54) is 18.4 Å². The van der Waals surface area contributed by atoms with E-state index < -0.39 is 0 Å². The Labute approximate surface area is 116 Å². The van der Waals surface area contributed by atoms with Crippen LogP contribution in [0.3, 0.4) is 0 Å². The van der Waals surface area contributed by atoms with E-state index in [-0.39, 0.29) is 5.97 Å². The molecule has 0 fully saturated rings. The van der Waals surface area contributed by atoms with Crippen molar-refractivity contribution in [2.45, 2.75) is 13.8 Å². The number of ether oxygens (including phenoxy) is 2. The van der Waals surface area contributed by atoms with E-state index in [4.69, 9.17) is 9.47 Å². The zero-order valence-corrected chi connectivity index (χ0v) is 12.1. The third-order valence-corrected chi connectivity index (χ3v) is 4.00. The van der Waals surface area contributed by atoms with E-state index >= 15 is 0 Å². The molecule has 1 aromatic carbocycles. The smallest absolute Gasteiger partial charge is 0.349 e. The molecule has 1 heterocycles. The van der Waals surface area contributed by atoms with Crippen molar-refractivity contribution in [1.29, 1.82) is 0 Å². The number of carbonyl (C=O) groups is 1. The highest BCUT2D eigenvalue weighted by molar-refractivity contribution is 7.17. The number of aromatic nitrogens is 1. The molecule has 5 heteroatoms. The van der Waals surface area contributed by atoms with Gasteiger partial charge in [0, 0.05) is 5.56 Å². The van der Waals surface area contributed by atoms with Crippen LogP contribution < -0.4 is 4.74 Å². The summed E-state index contributed by atoms with van der Waals surface area (Å²) in [7, 11) is 3.02. The Morgan fingerprint density at radius 3 is 2.58 bits per heavy atom. The molecule has 4 nitrogen and oxygen atoms in total. The minimum atomic E-state index is -0.341. The molecule has 19 heavy (non-hydrogen) atoms. The number of hydrogen-bond acceptors (Lipinski definition) is 5. The second-order valence-electron chi connectivity index (χ2n) is 4.11. The maximum Gasteiger partial charge on any atom is 0.349 e. The van der Waals surface area contributed by atoms with Gasteiger partial charge in [0.15, 0.2) is 0 Å². The van der Waals surface area contributed by atoms with Gasteiger partial charge in [-0.2, -0.15) is 0 Å². The van der Waals surface area contributed by atoms with Crippen LogP contribution in [0.25, 0.3) is 10.6 Å². The van der Waals surface area contributed by atoms with Crippen molar-refractivity contribution in [3.05, 3.63) is 34.3 Å². The monoisotopic (exact) mass is 277 g/mol. The third-order valence-electron chi connectivity index (χ3n) is 2.81. The van der Waals surface area contributed by atoms with Crippen LogP contribution in [0.5, 0.6) is 5.75 Å². The first-order valence-electron chi connectivity index (χ1n) is 5.77. The number of carbonyl (C=O) groups excluding carboxylic acids is 1. The molecular formula is C14H15NO3S. The van der Waals surface area contributed by atoms with Gasteiger partial charge in [0.2, 0.25) is 0 Å². The fraction of sp³-hybridized carbons (Fsp3) is 0.286. The van der Waals surface area contributed by atoms with Crippen molar-refractivity contribution in [2.75, 3.05) is 14.2 Å². The van der Waals surface area contributed by atoms with E-state index in [2.05, 4.69) is 4.98 Å². The lowest BCUT2D eigenvalue weighted by molar-refractivity contribution is 0.0605. The molecule has 0 N–H and O–H groups in total. The number of thiazole rings is 1. The second kappa shape index (κ2) is 5.40. The SMILES string of the molecule is COC(=O)c1sc(-c2ccc(OC)c(C)c2)nc1C. The minimum absolute atomic E-state index is 0.341. The fourth-order valence-corrected chi connectivity index (χ4v) is 2.79. The Hall–Kier alpha value is -1.88. The van der Waals surface area contributed by atoms with Crippen LogP contribution in [0, 0.1) is 13.8 Å². The highest BCUT2D eigenvalue weighted by atomic mass is 32.1. The van der Waals surface area contributed by atoms with Crippen molar-refractivity contribution in [2.24, 2.45) is 0 Å². The molecule has 100 valence electrons. The molecule has 0 saturated carbocycles. The molecule has 0 aliphatic heterocycles. The standard InChI is InChI=1S/C14H15NO3S/c1-8-7-10(5-6-11(8)17-3)13-15-9(2)12(19-13)14(16)18-4/h5-7H,1-4H3. The van der Waals surface area contributed by atoms with Gasteiger partial charge < -0.3 is 9.47 Å². The maximum atomic E-state index is 11.6. The van der Waals surface area contributed by atoms with Crippen LogP contribution in [-0.2, 0) is 4.74 Å². The van der Waals surface area contributed by atoms with E-state index in [0.29, 0.717) is 10.6 Å². The number of esters is 1. The molecule has 0 saturated heterocycles. The number of aryl methyl sites for hydroxylation is 2. The van der Waals surface area contributed by atoms with Gasteiger partial charge in [-0.1, -0.05) is 0 Å². The summed E-state index contributed by atoms with van der Waals surface area (Å²) in [5.74, 6) is 0.497. The second-order valence-corrected chi connectivity index (χ2v) is 5.11. The summed E-state index contributed by atoms with van der Waals surface area (Å²) in [6.45, 7) is 3.78. The van der Waals surface area contributed by atoms with Gasteiger partial charge in [-0.3, -0.25) is 0 Å². The largest absolute Gasteiger partial charge is 0.496 e. The van der Waals surface area contributed by atoms with Gasteiger partial charge in [-0.15, -0.1) is 11.3 Å². The molecule has 0 aliphatic carbocycles. The fourth-order valence-electron chi connectivity index (χ4n) is 1.81. The highest BCUT2D eigenvalue weighted by Gasteiger charge is 2.16. The van der Waals surface area contributed by atoms with Crippen LogP contribution in [0.15, 0.2) is 18.2 Å². The highest BCUT2D eigenvalue weighted by Crippen LogP contribution is 2.31. The predicted octanol–water partition coefficient (Wildman–Crippen LogP) is 3.22. The Balaban J connectivity index is 2.42. The first-order chi connectivity index (χ1) is 9.06. The first kappa shape index (κ1) is 13.5. The zero-order chi connectivity index (χ0) is 14.0. The average molecular weight is 277 g/mol. The molecule has 2 aromatic rings. The molecule has 1 aromatic heterocycles. The number of methoxy groups -OCH3 is 2. The summed E-state index contributed by atoms with van der Waals surface area (Å²) in [5, 5.41) is 0.809. The first-order valence-corrected chi connectivity index (χ1v) is 6.59. The molecule has 0 aliphatic rings. The predicted molar refractivity (Wildman–Crippen MR) is 74.9 cm³/mol. The summed E-state index contributed by atoms with van der Waals surface area (Å²) < 4.78 is 9.97. The number of rotatable bonds is 3. The molecule has 0 bridgehead atoms. The van der Waals surface area contributed by atoms with Crippen molar-refractivity contribution in [3.8, 4) is 16.3 Å². The van der Waals surface area contributed by atoms with Crippen LogP contribution in [0.1, 0.15) is 20.9 Å². The molecule has 2 rings (SSSR count). The van der Waals surface area contributed by atoms with E-state index in [1.807, 2.05) is 32.0 Å². The average Bonchev–Trinajstić information content (AvgIpc) is 2.80. The maximum absolute atomic E-state index is 11.6. The quantitative estimate of drug-likeness (QED) is 0.808. The van der Waals surface area contributed by atoms with Gasteiger partial charge in [-0.25, -0.2) is 9.78 Å². The number of nitrogens with zero attached hydrogens (tertiary/aromatic N) is 1. The van der Waals surface area contributed by atoms with E-state index in [0.717, 1.165) is 21.9 Å². The van der Waals surface area contributed by atoms with Crippen LogP contribution in [-0.4, -0.2) is 25.2 Å². The summed E-state index contributed by atoms with van der Waals surface area (Å²) in [6, 6.07) is 5.84. The van der Waals surface area contributed by atoms with Crippen LogP contribution >= 0.6 is 11.3 Å². The van der Waals surface area contributed by atoms with Crippen molar-refractivity contribution >= 4 is 17.3 Å². The topological polar surface area (TPSA) is 48.4 Å². The lowest BCUT2D eigenvalue weighted by Crippen LogP contribution is -1.99. The molecular weight excluding hydrogens is 262 g/mol.